The van der Waals surface area contributed by atoms with Crippen molar-refractivity contribution < 1.29 is 13.2 Å². The summed E-state index contributed by atoms with van der Waals surface area (Å²) in [6.07, 6.45) is 2.17. The van der Waals surface area contributed by atoms with Gasteiger partial charge in [-0.3, -0.25) is 4.79 Å². The average Bonchev–Trinajstić information content (AvgIpc) is 2.61. The zero-order valence-electron chi connectivity index (χ0n) is 9.23. The second-order valence-electron chi connectivity index (χ2n) is 3.38. The molecule has 0 aromatic carbocycles. The average molecular weight is 245 g/mol. The van der Waals surface area contributed by atoms with Crippen molar-refractivity contribution in [3.63, 3.8) is 0 Å². The Morgan fingerprint density at radius 3 is 2.62 bits per heavy atom. The van der Waals surface area contributed by atoms with Gasteiger partial charge >= 0.3 is 0 Å². The molecule has 1 rings (SSSR count). The summed E-state index contributed by atoms with van der Waals surface area (Å²) >= 11 is 0. The van der Waals surface area contributed by atoms with Gasteiger partial charge in [-0.2, -0.15) is 0 Å². The topological polar surface area (TPSA) is 94.2 Å². The Bertz CT molecular complexity index is 490. The molecule has 0 radical (unpaired) electrons. The number of primary sulfonamides is 1. The summed E-state index contributed by atoms with van der Waals surface area (Å²) in [5.74, 6) is -0.330. The van der Waals surface area contributed by atoms with E-state index in [0.717, 1.165) is 6.42 Å². The molecular weight excluding hydrogens is 230 g/mol. The normalized spacial score (nSPS) is 11.4. The van der Waals surface area contributed by atoms with Crippen LogP contribution >= 0.6 is 0 Å². The van der Waals surface area contributed by atoms with E-state index in [4.69, 9.17) is 5.14 Å². The van der Waals surface area contributed by atoms with Crippen LogP contribution in [0.5, 0.6) is 0 Å². The molecule has 16 heavy (non-hydrogen) atoms. The van der Waals surface area contributed by atoms with Crippen LogP contribution in [0.15, 0.2) is 17.2 Å². The van der Waals surface area contributed by atoms with Crippen LogP contribution in [0.3, 0.4) is 0 Å². The molecule has 0 fully saturated rings. The lowest BCUT2D eigenvalue weighted by Gasteiger charge is -2.05. The van der Waals surface area contributed by atoms with Gasteiger partial charge in [-0.1, -0.05) is 6.92 Å². The Hall–Kier alpha value is -1.34. The van der Waals surface area contributed by atoms with Crippen molar-refractivity contribution in [2.45, 2.75) is 24.8 Å². The Kier molecular flexibility index (Phi) is 3.71. The predicted octanol–water partition coefficient (Wildman–Crippen LogP) is -0.0949. The van der Waals surface area contributed by atoms with Gasteiger partial charge in [-0.15, -0.1) is 0 Å². The number of amides is 1. The van der Waals surface area contributed by atoms with Crippen molar-refractivity contribution in [3.05, 3.63) is 18.0 Å². The number of hydrogen-bond donors (Lipinski definition) is 2. The second-order valence-corrected chi connectivity index (χ2v) is 4.94. The molecule has 0 atom stereocenters. The first-order valence-corrected chi connectivity index (χ1v) is 6.39. The largest absolute Gasteiger partial charge is 0.354 e. The zero-order valence-corrected chi connectivity index (χ0v) is 10.0. The second kappa shape index (κ2) is 4.67. The molecule has 3 N–H and O–H groups in total. The molecular formula is C9H15N3O3S. The Morgan fingerprint density at radius 2 is 2.19 bits per heavy atom. The van der Waals surface area contributed by atoms with E-state index in [0.29, 0.717) is 12.2 Å². The van der Waals surface area contributed by atoms with Gasteiger partial charge in [0.15, 0.2) is 0 Å². The number of aryl methyl sites for hydroxylation is 1. The van der Waals surface area contributed by atoms with Gasteiger partial charge in [0.1, 0.15) is 10.6 Å². The van der Waals surface area contributed by atoms with Crippen molar-refractivity contribution in [3.8, 4) is 0 Å². The fraction of sp³-hybridized carbons (Fsp3) is 0.444. The highest BCUT2D eigenvalue weighted by molar-refractivity contribution is 7.89. The number of nitrogens with one attached hydrogen (secondary N) is 1. The first-order chi connectivity index (χ1) is 7.40. The lowest BCUT2D eigenvalue weighted by atomic mass is 10.4. The summed E-state index contributed by atoms with van der Waals surface area (Å²) in [5, 5.41) is 7.45. The molecule has 0 aliphatic heterocycles. The highest BCUT2D eigenvalue weighted by Crippen LogP contribution is 2.13. The minimum Gasteiger partial charge on any atom is -0.354 e. The summed E-state index contributed by atoms with van der Waals surface area (Å²) in [4.78, 5) is 11.4. The third-order valence-electron chi connectivity index (χ3n) is 2.12. The van der Waals surface area contributed by atoms with Crippen LogP contribution in [0.4, 0.5) is 0 Å². The SMILES string of the molecule is CCCn1cc(S(N)(=O)=O)cc1C(=O)NC. The number of nitrogens with zero attached hydrogens (tertiary/aromatic N) is 1. The molecule has 90 valence electrons. The standard InChI is InChI=1S/C9H15N3O3S/c1-3-4-12-6-7(16(10,14)15)5-8(12)9(13)11-2/h5-6H,3-4H2,1-2H3,(H,11,13)(H2,10,14,15). The molecule has 7 heteroatoms. The third-order valence-corrected chi connectivity index (χ3v) is 3.00. The van der Waals surface area contributed by atoms with Crippen LogP contribution in [0.2, 0.25) is 0 Å². The Balaban J connectivity index is 3.25. The zero-order chi connectivity index (χ0) is 12.3. The lowest BCUT2D eigenvalue weighted by Crippen LogP contribution is -2.21. The van der Waals surface area contributed by atoms with Crippen molar-refractivity contribution in [1.82, 2.24) is 9.88 Å². The molecule has 0 aliphatic rings. The summed E-state index contributed by atoms with van der Waals surface area (Å²) in [6, 6.07) is 1.28. The minimum absolute atomic E-state index is 0.0421. The van der Waals surface area contributed by atoms with Crippen molar-refractivity contribution in [2.75, 3.05) is 7.05 Å². The van der Waals surface area contributed by atoms with Gasteiger partial charge in [0.25, 0.3) is 5.91 Å². The predicted molar refractivity (Wildman–Crippen MR) is 59.5 cm³/mol. The van der Waals surface area contributed by atoms with Crippen LogP contribution in [0.1, 0.15) is 23.8 Å². The number of sulfonamides is 1. The van der Waals surface area contributed by atoms with E-state index < -0.39 is 10.0 Å². The highest BCUT2D eigenvalue weighted by Gasteiger charge is 2.17. The maximum absolute atomic E-state index is 11.5. The maximum Gasteiger partial charge on any atom is 0.267 e. The molecule has 0 aliphatic carbocycles. The highest BCUT2D eigenvalue weighted by atomic mass is 32.2. The third kappa shape index (κ3) is 2.61. The maximum atomic E-state index is 11.5. The van der Waals surface area contributed by atoms with Crippen molar-refractivity contribution in [2.24, 2.45) is 5.14 Å². The van der Waals surface area contributed by atoms with Gasteiger partial charge in [0, 0.05) is 19.8 Å². The smallest absolute Gasteiger partial charge is 0.267 e. The van der Waals surface area contributed by atoms with E-state index in [1.165, 1.54) is 19.3 Å². The molecule has 0 saturated heterocycles. The first kappa shape index (κ1) is 12.7. The number of rotatable bonds is 4. The van der Waals surface area contributed by atoms with Crippen LogP contribution in [-0.4, -0.2) is 25.9 Å². The quantitative estimate of drug-likeness (QED) is 0.775. The van der Waals surface area contributed by atoms with E-state index in [9.17, 15) is 13.2 Å². The molecule has 0 spiro atoms. The molecule has 1 aromatic heterocycles. The molecule has 6 nitrogen and oxygen atoms in total. The van der Waals surface area contributed by atoms with E-state index in [-0.39, 0.29) is 10.8 Å². The van der Waals surface area contributed by atoms with Crippen molar-refractivity contribution >= 4 is 15.9 Å². The van der Waals surface area contributed by atoms with E-state index in [1.54, 1.807) is 4.57 Å². The molecule has 1 amide bonds. The molecule has 0 unspecified atom stereocenters. The number of carbonyl (C=O) groups is 1. The number of nitrogens with two attached hydrogens (primary N) is 1. The van der Waals surface area contributed by atoms with Crippen LogP contribution in [0.25, 0.3) is 0 Å². The van der Waals surface area contributed by atoms with Crippen LogP contribution in [-0.2, 0) is 16.6 Å². The molecule has 0 bridgehead atoms. The molecule has 0 saturated carbocycles. The minimum atomic E-state index is -3.77. The van der Waals surface area contributed by atoms with Gasteiger partial charge in [-0.25, -0.2) is 13.6 Å². The fourth-order valence-corrected chi connectivity index (χ4v) is 1.93. The van der Waals surface area contributed by atoms with Gasteiger partial charge in [0.2, 0.25) is 10.0 Å². The summed E-state index contributed by atoms with van der Waals surface area (Å²) < 4.78 is 23.9. The van der Waals surface area contributed by atoms with E-state index in [1.807, 2.05) is 6.92 Å². The number of aromatic nitrogens is 1. The Morgan fingerprint density at radius 1 is 1.56 bits per heavy atom. The Labute approximate surface area is 94.5 Å². The van der Waals surface area contributed by atoms with Gasteiger partial charge in [-0.05, 0) is 12.5 Å². The monoisotopic (exact) mass is 245 g/mol. The van der Waals surface area contributed by atoms with Gasteiger partial charge < -0.3 is 9.88 Å². The van der Waals surface area contributed by atoms with Crippen LogP contribution < -0.4 is 10.5 Å². The lowest BCUT2D eigenvalue weighted by molar-refractivity contribution is 0.0953. The van der Waals surface area contributed by atoms with Gasteiger partial charge in [0.05, 0.1) is 0 Å². The van der Waals surface area contributed by atoms with E-state index in [2.05, 4.69) is 5.32 Å². The summed E-state index contributed by atoms with van der Waals surface area (Å²) in [6.45, 7) is 2.50. The fourth-order valence-electron chi connectivity index (χ4n) is 1.38. The summed E-state index contributed by atoms with van der Waals surface area (Å²) in [5.41, 5.74) is 0.299. The van der Waals surface area contributed by atoms with E-state index >= 15 is 0 Å². The molecule has 1 heterocycles. The first-order valence-electron chi connectivity index (χ1n) is 4.85. The molecule has 1 aromatic rings. The van der Waals surface area contributed by atoms with Crippen LogP contribution in [0, 0.1) is 0 Å². The number of carbonyl (C=O) groups excluding carboxylic acids is 1. The number of hydrogen-bond acceptors (Lipinski definition) is 3. The summed E-state index contributed by atoms with van der Waals surface area (Å²) in [7, 11) is -2.28. The van der Waals surface area contributed by atoms with Crippen molar-refractivity contribution in [1.29, 1.82) is 0 Å².